The number of nitrogens with one attached hydrogen (secondary N) is 1. The van der Waals surface area contributed by atoms with Gasteiger partial charge in [0.15, 0.2) is 5.78 Å². The lowest BCUT2D eigenvalue weighted by atomic mass is 10.0. The SMILES string of the molecule is CCc1ccc(C(=O)N(CC(=O)c2c(-c3ccccc3)[nH]n(-c3ccc(Cl)cc3)c2=O)CC(C)C)cc1. The van der Waals surface area contributed by atoms with Crippen molar-refractivity contribution >= 4 is 23.3 Å². The topological polar surface area (TPSA) is 75.2 Å². The Morgan fingerprint density at radius 1 is 0.946 bits per heavy atom. The zero-order valence-corrected chi connectivity index (χ0v) is 22.0. The van der Waals surface area contributed by atoms with Crippen LogP contribution in [-0.4, -0.2) is 39.5 Å². The normalized spacial score (nSPS) is 11.1. The van der Waals surface area contributed by atoms with Gasteiger partial charge in [0.2, 0.25) is 0 Å². The van der Waals surface area contributed by atoms with E-state index in [1.54, 1.807) is 36.4 Å². The van der Waals surface area contributed by atoms with E-state index in [1.807, 2.05) is 56.3 Å². The van der Waals surface area contributed by atoms with Crippen molar-refractivity contribution in [1.82, 2.24) is 14.7 Å². The lowest BCUT2D eigenvalue weighted by Crippen LogP contribution is -2.39. The molecule has 0 bridgehead atoms. The highest BCUT2D eigenvalue weighted by Gasteiger charge is 2.27. The molecule has 1 heterocycles. The molecule has 1 amide bonds. The highest BCUT2D eigenvalue weighted by atomic mass is 35.5. The van der Waals surface area contributed by atoms with E-state index in [0.717, 1.165) is 12.0 Å². The van der Waals surface area contributed by atoms with Crippen molar-refractivity contribution in [3.05, 3.63) is 111 Å². The summed E-state index contributed by atoms with van der Waals surface area (Å²) in [5.74, 6) is -0.524. The Bertz CT molecular complexity index is 1440. The number of benzene rings is 3. The highest BCUT2D eigenvalue weighted by Crippen LogP contribution is 2.22. The van der Waals surface area contributed by atoms with Crippen molar-refractivity contribution in [2.45, 2.75) is 27.2 Å². The Morgan fingerprint density at radius 3 is 2.19 bits per heavy atom. The summed E-state index contributed by atoms with van der Waals surface area (Å²) >= 11 is 6.03. The maximum absolute atomic E-state index is 13.7. The first-order chi connectivity index (χ1) is 17.8. The lowest BCUT2D eigenvalue weighted by Gasteiger charge is -2.24. The lowest BCUT2D eigenvalue weighted by molar-refractivity contribution is 0.0691. The maximum atomic E-state index is 13.7. The van der Waals surface area contributed by atoms with E-state index in [-0.39, 0.29) is 23.9 Å². The summed E-state index contributed by atoms with van der Waals surface area (Å²) in [5.41, 5.74) is 2.85. The Kier molecular flexibility index (Phi) is 8.09. The molecule has 1 N–H and O–H groups in total. The number of aryl methyl sites for hydroxylation is 1. The number of halogens is 1. The van der Waals surface area contributed by atoms with E-state index >= 15 is 0 Å². The molecule has 0 aliphatic rings. The fraction of sp³-hybridized carbons (Fsp3) is 0.233. The first-order valence-electron chi connectivity index (χ1n) is 12.4. The van der Waals surface area contributed by atoms with Crippen molar-refractivity contribution in [2.75, 3.05) is 13.1 Å². The molecule has 6 nitrogen and oxygen atoms in total. The molecule has 4 rings (SSSR count). The van der Waals surface area contributed by atoms with Gasteiger partial charge in [-0.15, -0.1) is 0 Å². The molecule has 0 aliphatic carbocycles. The predicted molar refractivity (Wildman–Crippen MR) is 148 cm³/mol. The second-order valence-electron chi connectivity index (χ2n) is 9.40. The van der Waals surface area contributed by atoms with Gasteiger partial charge in [-0.1, -0.05) is 74.8 Å². The van der Waals surface area contributed by atoms with E-state index in [9.17, 15) is 14.4 Å². The van der Waals surface area contributed by atoms with Crippen LogP contribution < -0.4 is 5.56 Å². The van der Waals surface area contributed by atoms with Gasteiger partial charge in [-0.3, -0.25) is 19.5 Å². The molecule has 3 aromatic carbocycles. The van der Waals surface area contributed by atoms with Gasteiger partial charge >= 0.3 is 0 Å². The largest absolute Gasteiger partial charge is 0.331 e. The van der Waals surface area contributed by atoms with Crippen molar-refractivity contribution < 1.29 is 9.59 Å². The van der Waals surface area contributed by atoms with Gasteiger partial charge in [-0.25, -0.2) is 4.68 Å². The molecule has 190 valence electrons. The molecular weight excluding hydrogens is 486 g/mol. The number of ketones is 1. The standard InChI is InChI=1S/C30H30ClN3O3/c1-4-21-10-12-23(13-11-21)29(36)33(18-20(2)3)19-26(35)27-28(22-8-6-5-7-9-22)32-34(30(27)37)25-16-14-24(31)15-17-25/h5-17,20,32H,4,18-19H2,1-3H3. The first kappa shape index (κ1) is 26.2. The number of hydrogen-bond donors (Lipinski definition) is 1. The summed E-state index contributed by atoms with van der Waals surface area (Å²) in [6.45, 7) is 6.21. The molecule has 7 heteroatoms. The van der Waals surface area contributed by atoms with Gasteiger partial charge in [0.05, 0.1) is 17.9 Å². The summed E-state index contributed by atoms with van der Waals surface area (Å²) in [4.78, 5) is 42.3. The molecule has 37 heavy (non-hydrogen) atoms. The third-order valence-corrected chi connectivity index (χ3v) is 6.39. The molecular formula is C30H30ClN3O3. The minimum Gasteiger partial charge on any atom is -0.331 e. The second-order valence-corrected chi connectivity index (χ2v) is 9.83. The summed E-state index contributed by atoms with van der Waals surface area (Å²) < 4.78 is 1.34. The number of rotatable bonds is 9. The van der Waals surface area contributed by atoms with Crippen LogP contribution in [0.2, 0.25) is 5.02 Å². The number of Topliss-reactive ketones (excluding diaryl/α,β-unsaturated/α-hetero) is 1. The summed E-state index contributed by atoms with van der Waals surface area (Å²) in [6.07, 6.45) is 0.873. The molecule has 0 aliphatic heterocycles. The smallest absolute Gasteiger partial charge is 0.282 e. The van der Waals surface area contributed by atoms with Gasteiger partial charge in [0.1, 0.15) is 5.56 Å². The maximum Gasteiger partial charge on any atom is 0.282 e. The van der Waals surface area contributed by atoms with Gasteiger partial charge in [0, 0.05) is 22.7 Å². The van der Waals surface area contributed by atoms with Crippen molar-refractivity contribution in [3.8, 4) is 16.9 Å². The molecule has 0 radical (unpaired) electrons. The van der Waals surface area contributed by atoms with Gasteiger partial charge < -0.3 is 4.90 Å². The van der Waals surface area contributed by atoms with Crippen LogP contribution in [0.15, 0.2) is 83.7 Å². The van der Waals surface area contributed by atoms with Crippen LogP contribution in [0, 0.1) is 5.92 Å². The molecule has 1 aromatic heterocycles. The van der Waals surface area contributed by atoms with Crippen LogP contribution in [0.4, 0.5) is 0 Å². The highest BCUT2D eigenvalue weighted by molar-refractivity contribution is 6.30. The molecule has 0 atom stereocenters. The number of hydrogen-bond acceptors (Lipinski definition) is 3. The van der Waals surface area contributed by atoms with Crippen LogP contribution in [0.3, 0.4) is 0 Å². The van der Waals surface area contributed by atoms with E-state index in [1.165, 1.54) is 9.58 Å². The minimum absolute atomic E-state index is 0.0176. The fourth-order valence-corrected chi connectivity index (χ4v) is 4.39. The average Bonchev–Trinajstić information content (AvgIpc) is 3.25. The number of carbonyl (C=O) groups is 2. The third-order valence-electron chi connectivity index (χ3n) is 6.13. The van der Waals surface area contributed by atoms with Crippen LogP contribution in [0.5, 0.6) is 0 Å². The predicted octanol–water partition coefficient (Wildman–Crippen LogP) is 6.03. The number of nitrogens with zero attached hydrogens (tertiary/aromatic N) is 2. The number of aromatic amines is 1. The van der Waals surface area contributed by atoms with Crippen molar-refractivity contribution in [2.24, 2.45) is 5.92 Å². The van der Waals surface area contributed by atoms with E-state index in [0.29, 0.717) is 34.1 Å². The second kappa shape index (κ2) is 11.4. The van der Waals surface area contributed by atoms with Crippen LogP contribution in [0.1, 0.15) is 47.1 Å². The van der Waals surface area contributed by atoms with Crippen molar-refractivity contribution in [3.63, 3.8) is 0 Å². The zero-order valence-electron chi connectivity index (χ0n) is 21.2. The molecule has 0 unspecified atom stereocenters. The molecule has 0 fully saturated rings. The Balaban J connectivity index is 1.74. The monoisotopic (exact) mass is 515 g/mol. The third kappa shape index (κ3) is 5.92. The molecule has 0 spiro atoms. The molecule has 0 saturated carbocycles. The Morgan fingerprint density at radius 2 is 1.59 bits per heavy atom. The number of H-pyrrole nitrogens is 1. The van der Waals surface area contributed by atoms with E-state index in [4.69, 9.17) is 11.6 Å². The number of amides is 1. The quantitative estimate of drug-likeness (QED) is 0.276. The van der Waals surface area contributed by atoms with Crippen LogP contribution in [0.25, 0.3) is 16.9 Å². The molecule has 4 aromatic rings. The number of aromatic nitrogens is 2. The van der Waals surface area contributed by atoms with Gasteiger partial charge in [0.25, 0.3) is 11.5 Å². The fourth-order valence-electron chi connectivity index (χ4n) is 4.26. The average molecular weight is 516 g/mol. The summed E-state index contributed by atoms with van der Waals surface area (Å²) in [5, 5.41) is 3.65. The van der Waals surface area contributed by atoms with Crippen LogP contribution in [-0.2, 0) is 6.42 Å². The van der Waals surface area contributed by atoms with Gasteiger partial charge in [-0.05, 0) is 54.3 Å². The van der Waals surface area contributed by atoms with Gasteiger partial charge in [-0.2, -0.15) is 0 Å². The molecule has 0 saturated heterocycles. The number of carbonyl (C=O) groups excluding carboxylic acids is 2. The Labute approximate surface area is 221 Å². The Hall–Kier alpha value is -3.90. The van der Waals surface area contributed by atoms with E-state index in [2.05, 4.69) is 12.0 Å². The van der Waals surface area contributed by atoms with Crippen LogP contribution >= 0.6 is 11.6 Å². The van der Waals surface area contributed by atoms with Crippen molar-refractivity contribution in [1.29, 1.82) is 0 Å². The zero-order chi connectivity index (χ0) is 26.5. The minimum atomic E-state index is -0.476. The summed E-state index contributed by atoms with van der Waals surface area (Å²) in [7, 11) is 0. The summed E-state index contributed by atoms with van der Waals surface area (Å²) in [6, 6.07) is 23.4. The van der Waals surface area contributed by atoms with E-state index < -0.39 is 11.3 Å². The first-order valence-corrected chi connectivity index (χ1v) is 12.7.